The molecule has 0 aliphatic heterocycles. The van der Waals surface area contributed by atoms with Crippen LogP contribution in [0.5, 0.6) is 5.75 Å². The van der Waals surface area contributed by atoms with Crippen molar-refractivity contribution in [3.63, 3.8) is 0 Å². The van der Waals surface area contributed by atoms with Crippen molar-refractivity contribution in [2.75, 3.05) is 7.11 Å². The Balaban J connectivity index is 1.81. The van der Waals surface area contributed by atoms with E-state index in [1.165, 1.54) is 18.2 Å². The number of amides is 1. The fourth-order valence-corrected chi connectivity index (χ4v) is 2.75. The Morgan fingerprint density at radius 3 is 2.67 bits per heavy atom. The van der Waals surface area contributed by atoms with Crippen LogP contribution in [0.15, 0.2) is 59.1 Å². The second-order valence-electron chi connectivity index (χ2n) is 6.45. The van der Waals surface area contributed by atoms with E-state index < -0.39 is 5.82 Å². The van der Waals surface area contributed by atoms with Gasteiger partial charge in [0.05, 0.1) is 13.7 Å². The third-order valence-corrected chi connectivity index (χ3v) is 4.20. The topological polar surface area (TPSA) is 55.6 Å². The average molecular weight is 368 g/mol. The minimum atomic E-state index is -0.439. The minimum Gasteiger partial charge on any atom is -0.497 e. The molecule has 5 nitrogen and oxygen atoms in total. The lowest BCUT2D eigenvalue weighted by Crippen LogP contribution is -2.36. The molecule has 0 radical (unpaired) electrons. The Labute approximate surface area is 157 Å². The van der Waals surface area contributed by atoms with Gasteiger partial charge in [-0.05, 0) is 44.2 Å². The van der Waals surface area contributed by atoms with Crippen molar-refractivity contribution in [1.29, 1.82) is 0 Å². The largest absolute Gasteiger partial charge is 0.497 e. The smallest absolute Gasteiger partial charge is 0.254 e. The highest BCUT2D eigenvalue weighted by Crippen LogP contribution is 2.25. The third-order valence-electron chi connectivity index (χ3n) is 4.20. The van der Waals surface area contributed by atoms with E-state index >= 15 is 0 Å². The number of carbonyl (C=O) groups is 1. The number of rotatable bonds is 6. The summed E-state index contributed by atoms with van der Waals surface area (Å²) >= 11 is 0. The summed E-state index contributed by atoms with van der Waals surface area (Å²) < 4.78 is 24.1. The summed E-state index contributed by atoms with van der Waals surface area (Å²) in [6.45, 7) is 4.07. The van der Waals surface area contributed by atoms with Gasteiger partial charge in [-0.2, -0.15) is 0 Å². The predicted octanol–water partition coefficient (Wildman–Crippen LogP) is 4.54. The second-order valence-corrected chi connectivity index (χ2v) is 6.45. The molecular weight excluding hydrogens is 347 g/mol. The molecule has 6 heteroatoms. The van der Waals surface area contributed by atoms with Gasteiger partial charge in [0.25, 0.3) is 5.91 Å². The first kappa shape index (κ1) is 18.6. The molecule has 0 saturated heterocycles. The van der Waals surface area contributed by atoms with Gasteiger partial charge in [-0.1, -0.05) is 23.4 Å². The zero-order valence-corrected chi connectivity index (χ0v) is 15.5. The van der Waals surface area contributed by atoms with Crippen molar-refractivity contribution in [2.45, 2.75) is 26.4 Å². The molecule has 0 saturated carbocycles. The molecule has 27 heavy (non-hydrogen) atoms. The molecule has 0 aliphatic carbocycles. The number of hydrogen-bond acceptors (Lipinski definition) is 4. The van der Waals surface area contributed by atoms with Crippen LogP contribution in [-0.4, -0.2) is 29.1 Å². The molecule has 0 unspecified atom stereocenters. The second kappa shape index (κ2) is 8.03. The zero-order chi connectivity index (χ0) is 19.4. The van der Waals surface area contributed by atoms with Crippen LogP contribution in [0.2, 0.25) is 0 Å². The molecule has 0 N–H and O–H groups in total. The SMILES string of the molecule is COc1cccc(-c2cc(CN(C(=O)c3cccc(F)c3)C(C)C)no2)c1. The zero-order valence-electron chi connectivity index (χ0n) is 15.5. The molecule has 3 rings (SSSR count). The molecule has 3 aromatic rings. The summed E-state index contributed by atoms with van der Waals surface area (Å²) in [5.41, 5.74) is 1.76. The quantitative estimate of drug-likeness (QED) is 0.641. The summed E-state index contributed by atoms with van der Waals surface area (Å²) in [5.74, 6) is 0.614. The van der Waals surface area contributed by atoms with Crippen LogP contribution in [0.4, 0.5) is 4.39 Å². The third kappa shape index (κ3) is 4.34. The molecule has 0 bridgehead atoms. The Morgan fingerprint density at radius 2 is 1.96 bits per heavy atom. The van der Waals surface area contributed by atoms with E-state index in [0.29, 0.717) is 17.0 Å². The average Bonchev–Trinajstić information content (AvgIpc) is 3.14. The lowest BCUT2D eigenvalue weighted by atomic mass is 10.1. The van der Waals surface area contributed by atoms with Crippen LogP contribution in [0.1, 0.15) is 29.9 Å². The van der Waals surface area contributed by atoms with E-state index in [2.05, 4.69) is 5.16 Å². The van der Waals surface area contributed by atoms with Crippen molar-refractivity contribution in [2.24, 2.45) is 0 Å². The molecule has 0 fully saturated rings. The van der Waals surface area contributed by atoms with Gasteiger partial charge in [-0.3, -0.25) is 4.79 Å². The normalized spacial score (nSPS) is 10.9. The van der Waals surface area contributed by atoms with Gasteiger partial charge >= 0.3 is 0 Å². The highest BCUT2D eigenvalue weighted by molar-refractivity contribution is 5.94. The first-order valence-corrected chi connectivity index (χ1v) is 8.64. The molecule has 2 aromatic carbocycles. The van der Waals surface area contributed by atoms with Crippen molar-refractivity contribution in [1.82, 2.24) is 10.1 Å². The van der Waals surface area contributed by atoms with Gasteiger partial charge in [0.1, 0.15) is 17.3 Å². The van der Waals surface area contributed by atoms with E-state index in [1.807, 2.05) is 38.1 Å². The van der Waals surface area contributed by atoms with Crippen LogP contribution < -0.4 is 4.74 Å². The maximum absolute atomic E-state index is 13.5. The summed E-state index contributed by atoms with van der Waals surface area (Å²) in [5, 5.41) is 4.08. The first-order valence-electron chi connectivity index (χ1n) is 8.64. The molecule has 1 heterocycles. The van der Waals surface area contributed by atoms with Crippen LogP contribution in [0.25, 0.3) is 11.3 Å². The number of aromatic nitrogens is 1. The molecule has 0 atom stereocenters. The minimum absolute atomic E-state index is 0.0854. The summed E-state index contributed by atoms with van der Waals surface area (Å²) in [7, 11) is 1.60. The monoisotopic (exact) mass is 368 g/mol. The number of benzene rings is 2. The number of nitrogens with zero attached hydrogens (tertiary/aromatic N) is 2. The van der Waals surface area contributed by atoms with Gasteiger partial charge < -0.3 is 14.2 Å². The summed E-state index contributed by atoms with van der Waals surface area (Å²) in [4.78, 5) is 14.4. The Morgan fingerprint density at radius 1 is 1.19 bits per heavy atom. The van der Waals surface area contributed by atoms with Crippen LogP contribution >= 0.6 is 0 Å². The number of halogens is 1. The molecule has 1 amide bonds. The van der Waals surface area contributed by atoms with Gasteiger partial charge in [0.15, 0.2) is 5.76 Å². The molecule has 140 valence electrons. The Kier molecular flexibility index (Phi) is 5.54. The number of ether oxygens (including phenoxy) is 1. The lowest BCUT2D eigenvalue weighted by Gasteiger charge is -2.25. The number of methoxy groups -OCH3 is 1. The summed E-state index contributed by atoms with van der Waals surface area (Å²) in [6.07, 6.45) is 0. The fraction of sp³-hybridized carbons (Fsp3) is 0.238. The van der Waals surface area contributed by atoms with Crippen LogP contribution in [0, 0.1) is 5.82 Å². The summed E-state index contributed by atoms with van der Waals surface area (Å²) in [6, 6.07) is 14.8. The fourth-order valence-electron chi connectivity index (χ4n) is 2.75. The highest BCUT2D eigenvalue weighted by Gasteiger charge is 2.21. The standard InChI is InChI=1S/C21H21FN2O3/c1-14(2)24(21(25)16-7-4-8-17(22)10-16)13-18-12-20(27-23-18)15-6-5-9-19(11-15)26-3/h4-12,14H,13H2,1-3H3. The van der Waals surface area contributed by atoms with E-state index in [1.54, 1.807) is 24.1 Å². The van der Waals surface area contributed by atoms with Crippen molar-refractivity contribution < 1.29 is 18.4 Å². The lowest BCUT2D eigenvalue weighted by molar-refractivity contribution is 0.0685. The van der Waals surface area contributed by atoms with E-state index in [4.69, 9.17) is 9.26 Å². The van der Waals surface area contributed by atoms with E-state index in [-0.39, 0.29) is 18.5 Å². The van der Waals surface area contributed by atoms with Crippen molar-refractivity contribution in [3.05, 3.63) is 71.7 Å². The molecule has 0 spiro atoms. The van der Waals surface area contributed by atoms with Crippen LogP contribution in [-0.2, 0) is 6.54 Å². The highest BCUT2D eigenvalue weighted by atomic mass is 19.1. The van der Waals surface area contributed by atoms with E-state index in [0.717, 1.165) is 11.3 Å². The van der Waals surface area contributed by atoms with Gasteiger partial charge in [-0.25, -0.2) is 4.39 Å². The molecule has 1 aromatic heterocycles. The van der Waals surface area contributed by atoms with Crippen LogP contribution in [0.3, 0.4) is 0 Å². The predicted molar refractivity (Wildman–Crippen MR) is 99.9 cm³/mol. The van der Waals surface area contributed by atoms with Gasteiger partial charge in [0, 0.05) is 23.2 Å². The number of carbonyl (C=O) groups excluding carboxylic acids is 1. The molecular formula is C21H21FN2O3. The number of hydrogen-bond donors (Lipinski definition) is 0. The van der Waals surface area contributed by atoms with E-state index in [9.17, 15) is 9.18 Å². The maximum atomic E-state index is 13.5. The maximum Gasteiger partial charge on any atom is 0.254 e. The van der Waals surface area contributed by atoms with Gasteiger partial charge in [-0.15, -0.1) is 0 Å². The van der Waals surface area contributed by atoms with Crippen molar-refractivity contribution in [3.8, 4) is 17.1 Å². The Bertz CT molecular complexity index is 936. The molecule has 0 aliphatic rings. The van der Waals surface area contributed by atoms with Crippen molar-refractivity contribution >= 4 is 5.91 Å². The first-order chi connectivity index (χ1) is 13.0. The van der Waals surface area contributed by atoms with Gasteiger partial charge in [0.2, 0.25) is 0 Å². The Hall–Kier alpha value is -3.15.